The van der Waals surface area contributed by atoms with Crippen LogP contribution in [0.2, 0.25) is 0 Å². The predicted molar refractivity (Wildman–Crippen MR) is 118 cm³/mol. The zero-order chi connectivity index (χ0) is 18.7. The summed E-state index contributed by atoms with van der Waals surface area (Å²) in [5, 5.41) is 9.28. The molecular formula is C21H26Cl2N4O2. The molecule has 2 heterocycles. The van der Waals surface area contributed by atoms with E-state index in [1.54, 1.807) is 24.5 Å². The van der Waals surface area contributed by atoms with Gasteiger partial charge >= 0.3 is 0 Å². The van der Waals surface area contributed by atoms with E-state index in [0.717, 1.165) is 43.6 Å². The van der Waals surface area contributed by atoms with Crippen molar-refractivity contribution in [2.45, 2.75) is 25.8 Å². The van der Waals surface area contributed by atoms with E-state index in [0.29, 0.717) is 12.1 Å². The highest BCUT2D eigenvalue weighted by atomic mass is 35.5. The Balaban J connectivity index is 0.00000150. The molecule has 1 spiro atoms. The monoisotopic (exact) mass is 436 g/mol. The first kappa shape index (κ1) is 23.1. The molecule has 6 nitrogen and oxygen atoms in total. The second-order valence-electron chi connectivity index (χ2n) is 7.47. The molecule has 4 rings (SSSR count). The number of halogens is 2. The molecule has 1 saturated carbocycles. The first-order valence-electron chi connectivity index (χ1n) is 9.45. The van der Waals surface area contributed by atoms with Gasteiger partial charge in [-0.25, -0.2) is 0 Å². The highest BCUT2D eigenvalue weighted by molar-refractivity contribution is 6.04. The van der Waals surface area contributed by atoms with Crippen molar-refractivity contribution < 1.29 is 9.59 Å². The third kappa shape index (κ3) is 5.47. The summed E-state index contributed by atoms with van der Waals surface area (Å²) in [6.45, 7) is 2.56. The molecule has 2 fully saturated rings. The maximum Gasteiger partial charge on any atom is 0.255 e. The zero-order valence-electron chi connectivity index (χ0n) is 16.0. The van der Waals surface area contributed by atoms with Gasteiger partial charge in [0.05, 0.1) is 0 Å². The molecule has 0 radical (unpaired) electrons. The van der Waals surface area contributed by atoms with Crippen molar-refractivity contribution in [3.63, 3.8) is 0 Å². The molecule has 8 heteroatoms. The zero-order valence-corrected chi connectivity index (χ0v) is 17.7. The lowest BCUT2D eigenvalue weighted by Crippen LogP contribution is -2.33. The Hall–Kier alpha value is -2.15. The molecule has 1 aliphatic carbocycles. The number of hydrogen-bond donors (Lipinski definition) is 3. The quantitative estimate of drug-likeness (QED) is 0.671. The van der Waals surface area contributed by atoms with Crippen molar-refractivity contribution in [2.75, 3.05) is 18.4 Å². The average Bonchev–Trinajstić information content (AvgIpc) is 3.41. The number of rotatable bonds is 5. The smallest absolute Gasteiger partial charge is 0.255 e. The molecule has 1 atom stereocenters. The lowest BCUT2D eigenvalue weighted by atomic mass is 9.92. The SMILES string of the molecule is Cl.Cl.O=C(Nc1ccc(CNC(=O)C2CC23CCNCC3)cc1)c1ccncc1. The Morgan fingerprint density at radius 1 is 1.03 bits per heavy atom. The molecule has 0 bridgehead atoms. The van der Waals surface area contributed by atoms with Gasteiger partial charge in [0.1, 0.15) is 0 Å². The average molecular weight is 437 g/mol. The van der Waals surface area contributed by atoms with Gasteiger partial charge in [-0.2, -0.15) is 0 Å². The second-order valence-corrected chi connectivity index (χ2v) is 7.47. The Morgan fingerprint density at radius 2 is 1.69 bits per heavy atom. The lowest BCUT2D eigenvalue weighted by molar-refractivity contribution is -0.123. The van der Waals surface area contributed by atoms with Gasteiger partial charge in [0.15, 0.2) is 0 Å². The van der Waals surface area contributed by atoms with Gasteiger partial charge in [-0.3, -0.25) is 14.6 Å². The van der Waals surface area contributed by atoms with E-state index in [9.17, 15) is 9.59 Å². The van der Waals surface area contributed by atoms with Gasteiger partial charge in [-0.05, 0) is 67.6 Å². The number of aromatic nitrogens is 1. The van der Waals surface area contributed by atoms with Gasteiger partial charge in [0.2, 0.25) is 5.91 Å². The van der Waals surface area contributed by atoms with Crippen molar-refractivity contribution in [3.05, 3.63) is 59.9 Å². The molecule has 29 heavy (non-hydrogen) atoms. The topological polar surface area (TPSA) is 83.1 Å². The van der Waals surface area contributed by atoms with Crippen LogP contribution in [0, 0.1) is 11.3 Å². The van der Waals surface area contributed by atoms with Crippen molar-refractivity contribution >= 4 is 42.3 Å². The Kier molecular flexibility index (Phi) is 8.02. The minimum atomic E-state index is -0.167. The summed E-state index contributed by atoms with van der Waals surface area (Å²) < 4.78 is 0. The van der Waals surface area contributed by atoms with Gasteiger partial charge in [0.25, 0.3) is 5.91 Å². The van der Waals surface area contributed by atoms with E-state index in [4.69, 9.17) is 0 Å². The van der Waals surface area contributed by atoms with Crippen LogP contribution in [-0.2, 0) is 11.3 Å². The molecule has 1 saturated heterocycles. The number of pyridine rings is 1. The van der Waals surface area contributed by atoms with Crippen LogP contribution in [0.25, 0.3) is 0 Å². The predicted octanol–water partition coefficient (Wildman–Crippen LogP) is 3.18. The van der Waals surface area contributed by atoms with Crippen molar-refractivity contribution in [1.29, 1.82) is 0 Å². The highest BCUT2D eigenvalue weighted by Gasteiger charge is 2.57. The number of anilines is 1. The fraction of sp³-hybridized carbons (Fsp3) is 0.381. The summed E-state index contributed by atoms with van der Waals surface area (Å²) >= 11 is 0. The van der Waals surface area contributed by atoms with Crippen LogP contribution in [0.15, 0.2) is 48.8 Å². The van der Waals surface area contributed by atoms with Crippen LogP contribution in [0.4, 0.5) is 5.69 Å². The summed E-state index contributed by atoms with van der Waals surface area (Å²) in [6, 6.07) is 10.9. The molecule has 1 aromatic carbocycles. The summed E-state index contributed by atoms with van der Waals surface area (Å²) in [4.78, 5) is 28.5. The second kappa shape index (κ2) is 10.1. The molecule has 1 aromatic heterocycles. The number of nitrogens with one attached hydrogen (secondary N) is 3. The molecule has 3 N–H and O–H groups in total. The number of benzene rings is 1. The summed E-state index contributed by atoms with van der Waals surface area (Å²) in [5.41, 5.74) is 2.57. The van der Waals surface area contributed by atoms with Crippen molar-refractivity contribution in [1.82, 2.24) is 15.6 Å². The maximum absolute atomic E-state index is 12.4. The van der Waals surface area contributed by atoms with E-state index < -0.39 is 0 Å². The molecule has 1 aliphatic heterocycles. The maximum atomic E-state index is 12.4. The van der Waals surface area contributed by atoms with Crippen molar-refractivity contribution in [2.24, 2.45) is 11.3 Å². The molecule has 156 valence electrons. The van der Waals surface area contributed by atoms with Crippen molar-refractivity contribution in [3.8, 4) is 0 Å². The Morgan fingerprint density at radius 3 is 2.34 bits per heavy atom. The van der Waals surface area contributed by atoms with E-state index in [2.05, 4.69) is 20.9 Å². The Bertz CT molecular complexity index is 824. The fourth-order valence-electron chi connectivity index (χ4n) is 3.92. The van der Waals surface area contributed by atoms with Gasteiger partial charge < -0.3 is 16.0 Å². The van der Waals surface area contributed by atoms with Crippen LogP contribution < -0.4 is 16.0 Å². The number of amides is 2. The minimum absolute atomic E-state index is 0. The number of carbonyl (C=O) groups is 2. The molecule has 1 unspecified atom stereocenters. The van der Waals surface area contributed by atoms with Crippen LogP contribution in [0.5, 0.6) is 0 Å². The highest BCUT2D eigenvalue weighted by Crippen LogP contribution is 2.58. The number of carbonyl (C=O) groups excluding carboxylic acids is 2. The van der Waals surface area contributed by atoms with E-state index >= 15 is 0 Å². The standard InChI is InChI=1S/C21H24N4O2.2ClH/c26-19(16-5-9-22-10-6-16)25-17-3-1-15(2-4-17)14-24-20(27)18-13-21(18)7-11-23-12-8-21;;/h1-6,9-10,18,23H,7-8,11-14H2,(H,24,27)(H,25,26);2*1H. The van der Waals surface area contributed by atoms with Gasteiger partial charge in [0, 0.05) is 36.1 Å². The van der Waals surface area contributed by atoms with Crippen LogP contribution in [0.1, 0.15) is 35.2 Å². The molecule has 2 amide bonds. The third-order valence-corrected chi connectivity index (χ3v) is 5.73. The number of hydrogen-bond acceptors (Lipinski definition) is 4. The minimum Gasteiger partial charge on any atom is -0.352 e. The van der Waals surface area contributed by atoms with Crippen LogP contribution in [-0.4, -0.2) is 29.9 Å². The fourth-order valence-corrected chi connectivity index (χ4v) is 3.92. The first-order valence-corrected chi connectivity index (χ1v) is 9.45. The van der Waals surface area contributed by atoms with E-state index in [1.165, 1.54) is 0 Å². The Labute approximate surface area is 183 Å². The van der Waals surface area contributed by atoms with Crippen LogP contribution >= 0.6 is 24.8 Å². The summed E-state index contributed by atoms with van der Waals surface area (Å²) in [7, 11) is 0. The molecular weight excluding hydrogens is 411 g/mol. The summed E-state index contributed by atoms with van der Waals surface area (Å²) in [6.07, 6.45) is 6.43. The normalized spacial score (nSPS) is 18.7. The van der Waals surface area contributed by atoms with Gasteiger partial charge in [-0.15, -0.1) is 24.8 Å². The van der Waals surface area contributed by atoms with E-state index in [1.807, 2.05) is 24.3 Å². The largest absolute Gasteiger partial charge is 0.352 e. The lowest BCUT2D eigenvalue weighted by Gasteiger charge is -2.23. The first-order chi connectivity index (χ1) is 13.2. The number of piperidine rings is 1. The molecule has 2 aromatic rings. The van der Waals surface area contributed by atoms with Crippen LogP contribution in [0.3, 0.4) is 0 Å². The van der Waals surface area contributed by atoms with E-state index in [-0.39, 0.29) is 48.0 Å². The molecule has 2 aliphatic rings. The summed E-state index contributed by atoms with van der Waals surface area (Å²) in [5.74, 6) is 0.185. The number of nitrogens with zero attached hydrogens (tertiary/aromatic N) is 1. The third-order valence-electron chi connectivity index (χ3n) is 5.73. The van der Waals surface area contributed by atoms with Gasteiger partial charge in [-0.1, -0.05) is 12.1 Å².